The maximum atomic E-state index is 9.22. The molecule has 90 valence electrons. The Bertz CT molecular complexity index is 321. The second-order valence-electron chi connectivity index (χ2n) is 4.26. The minimum absolute atomic E-state index is 0.0525. The molecule has 0 aliphatic heterocycles. The number of hydrogen-bond acceptors (Lipinski definition) is 3. The molecule has 0 heterocycles. The summed E-state index contributed by atoms with van der Waals surface area (Å²) in [4.78, 5) is 0. The first-order chi connectivity index (χ1) is 7.63. The molecule has 0 saturated carbocycles. The molecule has 0 amide bonds. The van der Waals surface area contributed by atoms with Crippen LogP contribution < -0.4 is 10.1 Å². The number of aliphatic hydroxyl groups excluding tert-OH is 1. The fourth-order valence-electron chi connectivity index (χ4n) is 1.29. The Kier molecular flexibility index (Phi) is 4.77. The lowest BCUT2D eigenvalue weighted by molar-refractivity contribution is 0.122. The zero-order valence-corrected chi connectivity index (χ0v) is 10.3. The SMILES string of the molecule is CCc1cccc(OCC(C)(CO)NC)c1. The zero-order chi connectivity index (χ0) is 12.0. The predicted molar refractivity (Wildman–Crippen MR) is 65.9 cm³/mol. The Labute approximate surface area is 97.4 Å². The van der Waals surface area contributed by atoms with Gasteiger partial charge < -0.3 is 15.2 Å². The molecule has 0 spiro atoms. The van der Waals surface area contributed by atoms with Crippen molar-refractivity contribution >= 4 is 0 Å². The zero-order valence-electron chi connectivity index (χ0n) is 10.3. The van der Waals surface area contributed by atoms with Crippen molar-refractivity contribution in [2.24, 2.45) is 0 Å². The van der Waals surface area contributed by atoms with Crippen LogP contribution in [0.1, 0.15) is 19.4 Å². The normalized spacial score (nSPS) is 14.5. The molecule has 0 aliphatic carbocycles. The lowest BCUT2D eigenvalue weighted by Crippen LogP contribution is -2.48. The molecule has 0 aliphatic rings. The van der Waals surface area contributed by atoms with E-state index < -0.39 is 0 Å². The first kappa shape index (κ1) is 13.0. The van der Waals surface area contributed by atoms with Gasteiger partial charge in [-0.2, -0.15) is 0 Å². The monoisotopic (exact) mass is 223 g/mol. The molecule has 3 nitrogen and oxygen atoms in total. The minimum Gasteiger partial charge on any atom is -0.492 e. The smallest absolute Gasteiger partial charge is 0.119 e. The van der Waals surface area contributed by atoms with Crippen molar-refractivity contribution in [3.8, 4) is 5.75 Å². The molecule has 1 rings (SSSR count). The summed E-state index contributed by atoms with van der Waals surface area (Å²) in [7, 11) is 1.82. The summed E-state index contributed by atoms with van der Waals surface area (Å²) in [6.45, 7) is 4.55. The summed E-state index contributed by atoms with van der Waals surface area (Å²) in [6, 6.07) is 8.04. The molecule has 1 aromatic carbocycles. The number of benzene rings is 1. The number of nitrogens with one attached hydrogen (secondary N) is 1. The number of aliphatic hydroxyl groups is 1. The summed E-state index contributed by atoms with van der Waals surface area (Å²) in [5, 5.41) is 12.3. The molecule has 0 fully saturated rings. The van der Waals surface area contributed by atoms with Gasteiger partial charge in [0.15, 0.2) is 0 Å². The van der Waals surface area contributed by atoms with Crippen molar-refractivity contribution in [3.63, 3.8) is 0 Å². The van der Waals surface area contributed by atoms with Crippen molar-refractivity contribution < 1.29 is 9.84 Å². The highest BCUT2D eigenvalue weighted by atomic mass is 16.5. The molecule has 0 aromatic heterocycles. The van der Waals surface area contributed by atoms with Crippen molar-refractivity contribution in [2.45, 2.75) is 25.8 Å². The van der Waals surface area contributed by atoms with E-state index >= 15 is 0 Å². The Morgan fingerprint density at radius 2 is 2.19 bits per heavy atom. The second-order valence-corrected chi connectivity index (χ2v) is 4.26. The highest BCUT2D eigenvalue weighted by Crippen LogP contribution is 2.15. The molecule has 1 atom stereocenters. The third kappa shape index (κ3) is 3.51. The van der Waals surface area contributed by atoms with Crippen LogP contribution >= 0.6 is 0 Å². The van der Waals surface area contributed by atoms with Crippen molar-refractivity contribution in [1.29, 1.82) is 0 Å². The van der Waals surface area contributed by atoms with Crippen LogP contribution in [0.5, 0.6) is 5.75 Å². The number of aryl methyl sites for hydroxylation is 1. The summed E-state index contributed by atoms with van der Waals surface area (Å²) in [6.07, 6.45) is 1.00. The average molecular weight is 223 g/mol. The van der Waals surface area contributed by atoms with E-state index in [0.29, 0.717) is 6.61 Å². The molecule has 1 aromatic rings. The van der Waals surface area contributed by atoms with Gasteiger partial charge in [0.25, 0.3) is 0 Å². The number of hydrogen-bond donors (Lipinski definition) is 2. The van der Waals surface area contributed by atoms with Crippen molar-refractivity contribution in [3.05, 3.63) is 29.8 Å². The van der Waals surface area contributed by atoms with Crippen LogP contribution in [-0.2, 0) is 6.42 Å². The van der Waals surface area contributed by atoms with Gasteiger partial charge in [-0.3, -0.25) is 0 Å². The Hall–Kier alpha value is -1.06. The van der Waals surface area contributed by atoms with Crippen LogP contribution in [0.2, 0.25) is 0 Å². The fraction of sp³-hybridized carbons (Fsp3) is 0.538. The molecule has 16 heavy (non-hydrogen) atoms. The van der Waals surface area contributed by atoms with Crippen LogP contribution in [0.25, 0.3) is 0 Å². The second kappa shape index (κ2) is 5.87. The van der Waals surface area contributed by atoms with E-state index in [1.165, 1.54) is 5.56 Å². The molecule has 3 heteroatoms. The van der Waals surface area contributed by atoms with E-state index in [1.807, 2.05) is 32.2 Å². The lowest BCUT2D eigenvalue weighted by Gasteiger charge is -2.26. The van der Waals surface area contributed by atoms with E-state index in [1.54, 1.807) is 0 Å². The van der Waals surface area contributed by atoms with Crippen LogP contribution in [0.3, 0.4) is 0 Å². The van der Waals surface area contributed by atoms with Crippen LogP contribution in [0, 0.1) is 0 Å². The molecule has 2 N–H and O–H groups in total. The highest BCUT2D eigenvalue weighted by Gasteiger charge is 2.21. The molecule has 0 radical (unpaired) electrons. The van der Waals surface area contributed by atoms with Crippen LogP contribution in [-0.4, -0.2) is 30.9 Å². The minimum atomic E-state index is -0.387. The standard InChI is InChI=1S/C13H21NO2/c1-4-11-6-5-7-12(8-11)16-10-13(2,9-15)14-3/h5-8,14-15H,4,9-10H2,1-3H3. The first-order valence-corrected chi connectivity index (χ1v) is 5.65. The van der Waals surface area contributed by atoms with E-state index in [2.05, 4.69) is 18.3 Å². The number of rotatable bonds is 6. The fourth-order valence-corrected chi connectivity index (χ4v) is 1.29. The lowest BCUT2D eigenvalue weighted by atomic mass is 10.1. The number of likely N-dealkylation sites (N-methyl/N-ethyl adjacent to an activating group) is 1. The summed E-state index contributed by atoms with van der Waals surface area (Å²) in [5.74, 6) is 0.856. The maximum Gasteiger partial charge on any atom is 0.119 e. The summed E-state index contributed by atoms with van der Waals surface area (Å²) < 4.78 is 5.67. The quantitative estimate of drug-likeness (QED) is 0.769. The molecule has 0 bridgehead atoms. The van der Waals surface area contributed by atoms with Crippen molar-refractivity contribution in [1.82, 2.24) is 5.32 Å². The van der Waals surface area contributed by atoms with Gasteiger partial charge in [0.05, 0.1) is 12.1 Å². The predicted octanol–water partition coefficient (Wildman–Crippen LogP) is 1.60. The Balaban J connectivity index is 2.60. The van der Waals surface area contributed by atoms with Gasteiger partial charge in [-0.15, -0.1) is 0 Å². The molecule has 1 unspecified atom stereocenters. The Morgan fingerprint density at radius 3 is 2.75 bits per heavy atom. The van der Waals surface area contributed by atoms with E-state index in [0.717, 1.165) is 12.2 Å². The van der Waals surface area contributed by atoms with Gasteiger partial charge in [0, 0.05) is 0 Å². The van der Waals surface area contributed by atoms with Crippen molar-refractivity contribution in [2.75, 3.05) is 20.3 Å². The first-order valence-electron chi connectivity index (χ1n) is 5.65. The van der Waals surface area contributed by atoms with Crippen LogP contribution in [0.15, 0.2) is 24.3 Å². The maximum absolute atomic E-state index is 9.22. The van der Waals surface area contributed by atoms with Gasteiger partial charge in [-0.1, -0.05) is 19.1 Å². The summed E-state index contributed by atoms with van der Waals surface area (Å²) in [5.41, 5.74) is 0.870. The van der Waals surface area contributed by atoms with Crippen LogP contribution in [0.4, 0.5) is 0 Å². The third-order valence-corrected chi connectivity index (χ3v) is 2.82. The third-order valence-electron chi connectivity index (χ3n) is 2.82. The van der Waals surface area contributed by atoms with E-state index in [9.17, 15) is 5.11 Å². The van der Waals surface area contributed by atoms with Gasteiger partial charge in [0.2, 0.25) is 0 Å². The molecule has 0 saturated heterocycles. The number of ether oxygens (including phenoxy) is 1. The van der Waals surface area contributed by atoms with Gasteiger partial charge in [0.1, 0.15) is 12.4 Å². The van der Waals surface area contributed by atoms with Gasteiger partial charge in [-0.05, 0) is 38.1 Å². The summed E-state index contributed by atoms with van der Waals surface area (Å²) >= 11 is 0. The average Bonchev–Trinajstić information content (AvgIpc) is 2.36. The highest BCUT2D eigenvalue weighted by molar-refractivity contribution is 5.28. The molecular formula is C13H21NO2. The van der Waals surface area contributed by atoms with Gasteiger partial charge >= 0.3 is 0 Å². The molecular weight excluding hydrogens is 202 g/mol. The van der Waals surface area contributed by atoms with E-state index in [-0.39, 0.29) is 12.1 Å². The Morgan fingerprint density at radius 1 is 1.44 bits per heavy atom. The van der Waals surface area contributed by atoms with Gasteiger partial charge in [-0.25, -0.2) is 0 Å². The van der Waals surface area contributed by atoms with E-state index in [4.69, 9.17) is 4.74 Å². The topological polar surface area (TPSA) is 41.5 Å². The largest absolute Gasteiger partial charge is 0.492 e.